The maximum absolute atomic E-state index is 12.2. The number of nitrogens with zero attached hydrogens (tertiary/aromatic N) is 3. The molecule has 7 heteroatoms. The number of aryl methyl sites for hydroxylation is 1. The molecule has 1 saturated heterocycles. The van der Waals surface area contributed by atoms with Crippen molar-refractivity contribution in [3.8, 4) is 0 Å². The summed E-state index contributed by atoms with van der Waals surface area (Å²) in [5.74, 6) is 0.716. The van der Waals surface area contributed by atoms with Crippen molar-refractivity contribution in [3.63, 3.8) is 0 Å². The van der Waals surface area contributed by atoms with E-state index in [4.69, 9.17) is 4.42 Å². The zero-order valence-electron chi connectivity index (χ0n) is 14.1. The van der Waals surface area contributed by atoms with Crippen molar-refractivity contribution >= 4 is 17.4 Å². The number of para-hydroxylation sites is 2. The second-order valence-corrected chi connectivity index (χ2v) is 5.97. The number of oxazole rings is 1. The fourth-order valence-corrected chi connectivity index (χ4v) is 2.73. The highest BCUT2D eigenvalue weighted by Crippen LogP contribution is 2.26. The first-order valence-electron chi connectivity index (χ1n) is 8.10. The number of likely N-dealkylation sites (N-methyl/N-ethyl adjacent to an activating group) is 1. The van der Waals surface area contributed by atoms with Gasteiger partial charge in [0.15, 0.2) is 6.39 Å². The van der Waals surface area contributed by atoms with Crippen molar-refractivity contribution in [3.05, 3.63) is 42.1 Å². The molecule has 2 heterocycles. The van der Waals surface area contributed by atoms with Crippen LogP contribution in [-0.2, 0) is 6.54 Å². The van der Waals surface area contributed by atoms with Gasteiger partial charge in [-0.3, -0.25) is 0 Å². The number of amides is 2. The molecule has 3 rings (SSSR count). The van der Waals surface area contributed by atoms with E-state index in [1.165, 1.54) is 6.39 Å². The highest BCUT2D eigenvalue weighted by molar-refractivity contribution is 5.93. The van der Waals surface area contributed by atoms with Crippen LogP contribution in [0.5, 0.6) is 0 Å². The van der Waals surface area contributed by atoms with Crippen molar-refractivity contribution in [1.29, 1.82) is 0 Å². The molecule has 0 atom stereocenters. The van der Waals surface area contributed by atoms with E-state index in [-0.39, 0.29) is 6.03 Å². The predicted molar refractivity (Wildman–Crippen MR) is 93.3 cm³/mol. The van der Waals surface area contributed by atoms with Crippen LogP contribution in [0.4, 0.5) is 16.2 Å². The van der Waals surface area contributed by atoms with E-state index in [0.717, 1.165) is 43.2 Å². The normalized spacial score (nSPS) is 15.3. The molecule has 128 valence electrons. The van der Waals surface area contributed by atoms with E-state index in [9.17, 15) is 4.79 Å². The molecule has 1 aliphatic rings. The Morgan fingerprint density at radius 1 is 1.25 bits per heavy atom. The number of nitrogens with one attached hydrogen (secondary N) is 2. The van der Waals surface area contributed by atoms with Crippen LogP contribution < -0.4 is 15.5 Å². The average Bonchev–Trinajstić information content (AvgIpc) is 2.99. The maximum Gasteiger partial charge on any atom is 0.319 e. The molecule has 1 aliphatic heterocycles. The topological polar surface area (TPSA) is 73.6 Å². The Hall–Kier alpha value is -2.54. The maximum atomic E-state index is 12.2. The van der Waals surface area contributed by atoms with Crippen molar-refractivity contribution in [2.45, 2.75) is 13.5 Å². The molecule has 0 saturated carbocycles. The van der Waals surface area contributed by atoms with E-state index in [1.54, 1.807) is 0 Å². The van der Waals surface area contributed by atoms with Crippen LogP contribution in [0.3, 0.4) is 0 Å². The van der Waals surface area contributed by atoms with Gasteiger partial charge in [0.05, 0.1) is 17.9 Å². The molecule has 0 bridgehead atoms. The molecule has 1 aromatic carbocycles. The number of rotatable bonds is 4. The van der Waals surface area contributed by atoms with Crippen LogP contribution in [0.2, 0.25) is 0 Å². The van der Waals surface area contributed by atoms with E-state index in [0.29, 0.717) is 12.3 Å². The van der Waals surface area contributed by atoms with Gasteiger partial charge in [-0.1, -0.05) is 12.1 Å². The second kappa shape index (κ2) is 7.35. The van der Waals surface area contributed by atoms with Gasteiger partial charge in [0, 0.05) is 26.2 Å². The first-order valence-corrected chi connectivity index (χ1v) is 8.10. The van der Waals surface area contributed by atoms with E-state index < -0.39 is 0 Å². The summed E-state index contributed by atoms with van der Waals surface area (Å²) in [6.45, 7) is 6.11. The molecule has 2 amide bonds. The highest BCUT2D eigenvalue weighted by atomic mass is 16.3. The lowest BCUT2D eigenvalue weighted by Crippen LogP contribution is -2.44. The van der Waals surface area contributed by atoms with Gasteiger partial charge in [-0.2, -0.15) is 0 Å². The van der Waals surface area contributed by atoms with Gasteiger partial charge in [0.2, 0.25) is 0 Å². The number of carbonyl (C=O) groups excluding carboxylic acids is 1. The zero-order chi connectivity index (χ0) is 16.9. The number of hydrogen-bond donors (Lipinski definition) is 2. The van der Waals surface area contributed by atoms with Crippen molar-refractivity contribution in [2.24, 2.45) is 0 Å². The van der Waals surface area contributed by atoms with Gasteiger partial charge >= 0.3 is 6.03 Å². The molecule has 2 aromatic rings. The van der Waals surface area contributed by atoms with Crippen LogP contribution in [0.25, 0.3) is 0 Å². The van der Waals surface area contributed by atoms with E-state index >= 15 is 0 Å². The summed E-state index contributed by atoms with van der Waals surface area (Å²) < 4.78 is 5.13. The van der Waals surface area contributed by atoms with Crippen molar-refractivity contribution < 1.29 is 9.21 Å². The molecule has 0 radical (unpaired) electrons. The summed E-state index contributed by atoms with van der Waals surface area (Å²) in [5.41, 5.74) is 2.60. The van der Waals surface area contributed by atoms with E-state index in [2.05, 4.69) is 32.5 Å². The average molecular weight is 329 g/mol. The Morgan fingerprint density at radius 2 is 2.00 bits per heavy atom. The fourth-order valence-electron chi connectivity index (χ4n) is 2.73. The van der Waals surface area contributed by atoms with Crippen LogP contribution in [-0.4, -0.2) is 49.1 Å². The molecule has 0 aliphatic carbocycles. The van der Waals surface area contributed by atoms with Crippen LogP contribution in [0.1, 0.15) is 11.5 Å². The van der Waals surface area contributed by atoms with Gasteiger partial charge in [-0.05, 0) is 26.1 Å². The third-order valence-electron chi connectivity index (χ3n) is 4.26. The van der Waals surface area contributed by atoms with Gasteiger partial charge < -0.3 is 24.9 Å². The Bertz CT molecular complexity index is 692. The van der Waals surface area contributed by atoms with Gasteiger partial charge in [-0.15, -0.1) is 0 Å². The Balaban J connectivity index is 1.62. The molecule has 1 aromatic heterocycles. The lowest BCUT2D eigenvalue weighted by Gasteiger charge is -2.35. The Labute approximate surface area is 141 Å². The molecule has 24 heavy (non-hydrogen) atoms. The summed E-state index contributed by atoms with van der Waals surface area (Å²) in [6, 6.07) is 7.64. The number of carbonyl (C=O) groups is 1. The largest absolute Gasteiger partial charge is 0.448 e. The van der Waals surface area contributed by atoms with Crippen molar-refractivity contribution in [2.75, 3.05) is 43.4 Å². The predicted octanol–water partition coefficient (Wildman–Crippen LogP) is 2.06. The number of benzene rings is 1. The third kappa shape index (κ3) is 3.86. The van der Waals surface area contributed by atoms with E-state index in [1.807, 2.05) is 31.2 Å². The number of aromatic nitrogens is 1. The summed E-state index contributed by atoms with van der Waals surface area (Å²) in [5, 5.41) is 5.75. The SMILES string of the molecule is Cc1ocnc1CNC(=O)Nc1ccccc1N1CCN(C)CC1. The Morgan fingerprint density at radius 3 is 2.71 bits per heavy atom. The third-order valence-corrected chi connectivity index (χ3v) is 4.26. The second-order valence-electron chi connectivity index (χ2n) is 5.97. The highest BCUT2D eigenvalue weighted by Gasteiger charge is 2.17. The molecule has 0 unspecified atom stereocenters. The minimum atomic E-state index is -0.251. The Kier molecular flexibility index (Phi) is 5.00. The summed E-state index contributed by atoms with van der Waals surface area (Å²) in [7, 11) is 2.13. The molecule has 0 spiro atoms. The number of piperazine rings is 1. The molecular formula is C17H23N5O2. The lowest BCUT2D eigenvalue weighted by molar-refractivity contribution is 0.251. The molecule has 7 nitrogen and oxygen atoms in total. The zero-order valence-corrected chi connectivity index (χ0v) is 14.1. The number of anilines is 2. The minimum absolute atomic E-state index is 0.251. The first kappa shape index (κ1) is 16.3. The molecular weight excluding hydrogens is 306 g/mol. The fraction of sp³-hybridized carbons (Fsp3) is 0.412. The lowest BCUT2D eigenvalue weighted by atomic mass is 10.2. The standard InChI is InChI=1S/C17H23N5O2/c1-13-15(19-12-24-13)11-18-17(23)20-14-5-3-4-6-16(14)22-9-7-21(2)8-10-22/h3-6,12H,7-11H2,1-2H3,(H2,18,20,23). The first-order chi connectivity index (χ1) is 11.6. The number of urea groups is 1. The summed E-state index contributed by atoms with van der Waals surface area (Å²) in [6.07, 6.45) is 1.38. The van der Waals surface area contributed by atoms with Crippen molar-refractivity contribution in [1.82, 2.24) is 15.2 Å². The molecule has 2 N–H and O–H groups in total. The number of hydrogen-bond acceptors (Lipinski definition) is 5. The minimum Gasteiger partial charge on any atom is -0.448 e. The van der Waals surface area contributed by atoms with Gasteiger partial charge in [0.25, 0.3) is 0 Å². The molecule has 1 fully saturated rings. The van der Waals surface area contributed by atoms with Gasteiger partial charge in [0.1, 0.15) is 11.5 Å². The monoisotopic (exact) mass is 329 g/mol. The van der Waals surface area contributed by atoms with Crippen LogP contribution in [0, 0.1) is 6.92 Å². The summed E-state index contributed by atoms with van der Waals surface area (Å²) >= 11 is 0. The van der Waals surface area contributed by atoms with Crippen LogP contribution in [0.15, 0.2) is 35.1 Å². The summed E-state index contributed by atoms with van der Waals surface area (Å²) in [4.78, 5) is 20.9. The van der Waals surface area contributed by atoms with Crippen LogP contribution >= 0.6 is 0 Å². The smallest absolute Gasteiger partial charge is 0.319 e. The van der Waals surface area contributed by atoms with Gasteiger partial charge in [-0.25, -0.2) is 9.78 Å². The quantitative estimate of drug-likeness (QED) is 0.898.